The summed E-state index contributed by atoms with van der Waals surface area (Å²) in [5.41, 5.74) is 4.23. The van der Waals surface area contributed by atoms with E-state index in [4.69, 9.17) is 4.74 Å². The Labute approximate surface area is 186 Å². The van der Waals surface area contributed by atoms with Crippen molar-refractivity contribution in [1.82, 2.24) is 10.0 Å². The first kappa shape index (κ1) is 22.0. The van der Waals surface area contributed by atoms with E-state index < -0.39 is 32.7 Å². The summed E-state index contributed by atoms with van der Waals surface area (Å²) in [6.07, 6.45) is 0.909. The largest absolute Gasteiger partial charge is 0.493 e. The molecule has 2 N–H and O–H groups in total. The first-order chi connectivity index (χ1) is 15.3. The van der Waals surface area contributed by atoms with Crippen LogP contribution in [0.1, 0.15) is 18.1 Å². The molecule has 1 atom stereocenters. The smallest absolute Gasteiger partial charge is 0.244 e. The van der Waals surface area contributed by atoms with E-state index in [9.17, 15) is 17.6 Å². The number of benzene rings is 3. The molecule has 0 unspecified atom stereocenters. The lowest BCUT2D eigenvalue weighted by Crippen LogP contribution is -2.44. The Morgan fingerprint density at radius 1 is 1.06 bits per heavy atom. The van der Waals surface area contributed by atoms with Crippen molar-refractivity contribution < 1.29 is 22.3 Å². The van der Waals surface area contributed by atoms with Gasteiger partial charge in [-0.1, -0.05) is 42.5 Å². The molecule has 3 aromatic rings. The van der Waals surface area contributed by atoms with E-state index in [-0.39, 0.29) is 6.54 Å². The number of carbonyl (C=O) groups excluding carboxylic acids is 1. The van der Waals surface area contributed by atoms with Gasteiger partial charge in [0.25, 0.3) is 0 Å². The molecular formula is C24H23FN2O4S. The summed E-state index contributed by atoms with van der Waals surface area (Å²) >= 11 is 0. The second kappa shape index (κ2) is 9.10. The van der Waals surface area contributed by atoms with Crippen LogP contribution in [0.5, 0.6) is 5.75 Å². The third kappa shape index (κ3) is 4.81. The minimum atomic E-state index is -4.15. The number of fused-ring (bicyclic) bond motifs is 1. The number of amides is 1. The van der Waals surface area contributed by atoms with E-state index in [1.54, 1.807) is 0 Å². The summed E-state index contributed by atoms with van der Waals surface area (Å²) in [4.78, 5) is 11.9. The van der Waals surface area contributed by atoms with Crippen molar-refractivity contribution in [2.45, 2.75) is 30.8 Å². The lowest BCUT2D eigenvalue weighted by Gasteiger charge is -2.15. The van der Waals surface area contributed by atoms with Crippen LogP contribution in [0.15, 0.2) is 71.6 Å². The molecule has 0 bridgehead atoms. The quantitative estimate of drug-likeness (QED) is 0.573. The van der Waals surface area contributed by atoms with Crippen LogP contribution in [0, 0.1) is 5.82 Å². The molecule has 0 spiro atoms. The molecule has 0 fully saturated rings. The Hall–Kier alpha value is -3.23. The van der Waals surface area contributed by atoms with Gasteiger partial charge in [0.1, 0.15) is 16.5 Å². The topological polar surface area (TPSA) is 84.5 Å². The average Bonchev–Trinajstić information content (AvgIpc) is 3.25. The lowest BCUT2D eigenvalue weighted by molar-refractivity contribution is -0.122. The number of nitrogens with one attached hydrogen (secondary N) is 2. The van der Waals surface area contributed by atoms with Gasteiger partial charge in [-0.25, -0.2) is 12.8 Å². The molecule has 4 rings (SSSR count). The summed E-state index contributed by atoms with van der Waals surface area (Å²) in [7, 11) is -4.15. The van der Waals surface area contributed by atoms with Crippen LogP contribution < -0.4 is 14.8 Å². The number of rotatable bonds is 7. The standard InChI is InChI=1S/C24H23FN2O4S/c1-16(27-32(29,30)23-5-3-2-4-21(23)25)24(28)26-15-17-6-8-18(9-7-17)19-10-11-22-20(14-19)12-13-31-22/h2-11,14,16,27H,12-13,15H2,1H3,(H,26,28)/t16-/m0/s1. The molecule has 32 heavy (non-hydrogen) atoms. The van der Waals surface area contributed by atoms with Gasteiger partial charge in [0.05, 0.1) is 12.6 Å². The van der Waals surface area contributed by atoms with Crippen LogP contribution in [0.4, 0.5) is 4.39 Å². The number of sulfonamides is 1. The number of halogens is 1. The molecular weight excluding hydrogens is 431 g/mol. The van der Waals surface area contributed by atoms with E-state index in [0.29, 0.717) is 6.61 Å². The maximum Gasteiger partial charge on any atom is 0.244 e. The molecule has 1 aliphatic rings. The molecule has 0 saturated heterocycles. The summed E-state index contributed by atoms with van der Waals surface area (Å²) in [6.45, 7) is 2.36. The Morgan fingerprint density at radius 2 is 1.78 bits per heavy atom. The van der Waals surface area contributed by atoms with Gasteiger partial charge in [-0.2, -0.15) is 4.72 Å². The molecule has 6 nitrogen and oxygen atoms in total. The molecule has 1 amide bonds. The predicted octanol–water partition coefficient (Wildman–Crippen LogP) is 3.41. The van der Waals surface area contributed by atoms with Crippen molar-refractivity contribution in [3.05, 3.63) is 83.7 Å². The van der Waals surface area contributed by atoms with Crippen molar-refractivity contribution in [3.8, 4) is 16.9 Å². The van der Waals surface area contributed by atoms with Gasteiger partial charge in [-0.15, -0.1) is 0 Å². The zero-order valence-corrected chi connectivity index (χ0v) is 18.3. The van der Waals surface area contributed by atoms with Crippen LogP contribution in [0.2, 0.25) is 0 Å². The first-order valence-corrected chi connectivity index (χ1v) is 11.7. The highest BCUT2D eigenvalue weighted by Crippen LogP contribution is 2.30. The molecule has 0 saturated carbocycles. The van der Waals surface area contributed by atoms with Crippen molar-refractivity contribution in [3.63, 3.8) is 0 Å². The van der Waals surface area contributed by atoms with Gasteiger partial charge in [0.2, 0.25) is 15.9 Å². The Kier molecular flexibility index (Phi) is 6.25. The summed E-state index contributed by atoms with van der Waals surface area (Å²) in [6, 6.07) is 17.9. The molecule has 0 aromatic heterocycles. The normalized spacial score (nSPS) is 13.8. The second-order valence-corrected chi connectivity index (χ2v) is 9.29. The highest BCUT2D eigenvalue weighted by molar-refractivity contribution is 7.89. The fraction of sp³-hybridized carbons (Fsp3) is 0.208. The molecule has 0 aliphatic carbocycles. The minimum absolute atomic E-state index is 0.239. The molecule has 1 aliphatic heterocycles. The maximum atomic E-state index is 13.8. The molecule has 0 radical (unpaired) electrons. The van der Waals surface area contributed by atoms with Crippen molar-refractivity contribution in [2.24, 2.45) is 0 Å². The fourth-order valence-electron chi connectivity index (χ4n) is 3.54. The van der Waals surface area contributed by atoms with Gasteiger partial charge < -0.3 is 10.1 Å². The van der Waals surface area contributed by atoms with Gasteiger partial charge >= 0.3 is 0 Å². The second-order valence-electron chi connectivity index (χ2n) is 7.61. The van der Waals surface area contributed by atoms with E-state index in [2.05, 4.69) is 16.1 Å². The maximum absolute atomic E-state index is 13.8. The van der Waals surface area contributed by atoms with Gasteiger partial charge in [-0.3, -0.25) is 4.79 Å². The molecule has 3 aromatic carbocycles. The van der Waals surface area contributed by atoms with Gasteiger partial charge in [0.15, 0.2) is 0 Å². The van der Waals surface area contributed by atoms with Crippen molar-refractivity contribution >= 4 is 15.9 Å². The summed E-state index contributed by atoms with van der Waals surface area (Å²) < 4.78 is 46.2. The molecule has 166 valence electrons. The highest BCUT2D eigenvalue weighted by atomic mass is 32.2. The monoisotopic (exact) mass is 454 g/mol. The van der Waals surface area contributed by atoms with Gasteiger partial charge in [-0.05, 0) is 53.4 Å². The SMILES string of the molecule is C[C@H](NS(=O)(=O)c1ccccc1F)C(=O)NCc1ccc(-c2ccc3c(c2)CCO3)cc1. The number of ether oxygens (including phenoxy) is 1. The van der Waals surface area contributed by atoms with Crippen LogP contribution >= 0.6 is 0 Å². The van der Waals surface area contributed by atoms with Crippen molar-refractivity contribution in [1.29, 1.82) is 0 Å². The van der Waals surface area contributed by atoms with E-state index in [1.807, 2.05) is 36.4 Å². The Morgan fingerprint density at radius 3 is 2.53 bits per heavy atom. The predicted molar refractivity (Wildman–Crippen MR) is 119 cm³/mol. The van der Waals surface area contributed by atoms with E-state index >= 15 is 0 Å². The number of carbonyl (C=O) groups is 1. The van der Waals surface area contributed by atoms with Gasteiger partial charge in [0, 0.05) is 13.0 Å². The third-order valence-electron chi connectivity index (χ3n) is 5.29. The summed E-state index contributed by atoms with van der Waals surface area (Å²) in [5, 5.41) is 2.70. The highest BCUT2D eigenvalue weighted by Gasteiger charge is 2.24. The average molecular weight is 455 g/mol. The van der Waals surface area contributed by atoms with Crippen molar-refractivity contribution in [2.75, 3.05) is 6.61 Å². The minimum Gasteiger partial charge on any atom is -0.493 e. The van der Waals surface area contributed by atoms with Crippen LogP contribution in [0.3, 0.4) is 0 Å². The summed E-state index contributed by atoms with van der Waals surface area (Å²) in [5.74, 6) is -0.441. The zero-order chi connectivity index (χ0) is 22.7. The Bertz CT molecular complexity index is 1240. The number of hydrogen-bond acceptors (Lipinski definition) is 4. The van der Waals surface area contributed by atoms with Crippen LogP contribution in [-0.4, -0.2) is 27.0 Å². The van der Waals surface area contributed by atoms with Crippen LogP contribution in [-0.2, 0) is 27.8 Å². The van der Waals surface area contributed by atoms with E-state index in [1.165, 1.54) is 24.6 Å². The fourth-order valence-corrected chi connectivity index (χ4v) is 4.82. The number of hydrogen-bond donors (Lipinski definition) is 2. The zero-order valence-electron chi connectivity index (χ0n) is 17.5. The lowest BCUT2D eigenvalue weighted by atomic mass is 10.0. The van der Waals surface area contributed by atoms with E-state index in [0.717, 1.165) is 41.0 Å². The van der Waals surface area contributed by atoms with Crippen LogP contribution in [0.25, 0.3) is 11.1 Å². The Balaban J connectivity index is 1.35. The molecule has 8 heteroatoms. The molecule has 1 heterocycles. The third-order valence-corrected chi connectivity index (χ3v) is 6.87. The first-order valence-electron chi connectivity index (χ1n) is 10.2.